The predicted octanol–water partition coefficient (Wildman–Crippen LogP) is 4.54. The van der Waals surface area contributed by atoms with Crippen LogP contribution in [0.2, 0.25) is 0 Å². The Bertz CT molecular complexity index is 900. The molecule has 4 nitrogen and oxygen atoms in total. The van der Waals surface area contributed by atoms with E-state index in [-0.39, 0.29) is 0 Å². The van der Waals surface area contributed by atoms with Crippen molar-refractivity contribution in [2.24, 2.45) is 0 Å². The molecule has 1 aliphatic rings. The lowest BCUT2D eigenvalue weighted by atomic mass is 10.1. The third-order valence-electron chi connectivity index (χ3n) is 5.14. The molecule has 3 aromatic rings. The monoisotopic (exact) mass is 366 g/mol. The van der Waals surface area contributed by atoms with E-state index >= 15 is 0 Å². The summed E-state index contributed by atoms with van der Waals surface area (Å²) in [6.45, 7) is 7.88. The molecule has 0 saturated carbocycles. The lowest BCUT2D eigenvalue weighted by Crippen LogP contribution is -2.44. The fraction of sp³-hybridized carbons (Fsp3) is 0.333. The van der Waals surface area contributed by atoms with E-state index in [4.69, 9.17) is 0 Å². The Kier molecular flexibility index (Phi) is 5.11. The van der Waals surface area contributed by atoms with Gasteiger partial charge in [0.25, 0.3) is 0 Å². The first-order chi connectivity index (χ1) is 12.7. The molecule has 136 valence electrons. The Morgan fingerprint density at radius 2 is 2.04 bits per heavy atom. The summed E-state index contributed by atoms with van der Waals surface area (Å²) >= 11 is 1.78. The number of likely N-dealkylation sites (N-methyl/N-ethyl adjacent to an activating group) is 1. The minimum atomic E-state index is 1.04. The van der Waals surface area contributed by atoms with Crippen molar-refractivity contribution < 1.29 is 0 Å². The van der Waals surface area contributed by atoms with Crippen LogP contribution < -0.4 is 5.32 Å². The van der Waals surface area contributed by atoms with Gasteiger partial charge in [0.2, 0.25) is 0 Å². The number of nitrogens with one attached hydrogen (secondary N) is 2. The SMILES string of the molecule is Cc1c(Nc2csc(/C=C/CN3CCN(C)CC3)c2)ccc2[nH]ccc12. The second-order valence-electron chi connectivity index (χ2n) is 7.05. The molecule has 0 unspecified atom stereocenters. The molecule has 0 radical (unpaired) electrons. The van der Waals surface area contributed by atoms with E-state index < -0.39 is 0 Å². The van der Waals surface area contributed by atoms with Crippen LogP contribution in [-0.2, 0) is 0 Å². The molecule has 26 heavy (non-hydrogen) atoms. The zero-order valence-corrected chi connectivity index (χ0v) is 16.3. The second-order valence-corrected chi connectivity index (χ2v) is 7.99. The largest absolute Gasteiger partial charge is 0.361 e. The molecule has 1 aromatic carbocycles. The zero-order valence-electron chi connectivity index (χ0n) is 15.5. The smallest absolute Gasteiger partial charge is 0.0499 e. The van der Waals surface area contributed by atoms with Crippen LogP contribution in [-0.4, -0.2) is 54.6 Å². The number of rotatable bonds is 5. The van der Waals surface area contributed by atoms with E-state index in [1.165, 1.54) is 53.2 Å². The third-order valence-corrected chi connectivity index (χ3v) is 6.04. The minimum absolute atomic E-state index is 1.04. The zero-order chi connectivity index (χ0) is 17.9. The van der Waals surface area contributed by atoms with Gasteiger partial charge < -0.3 is 15.2 Å². The molecule has 0 atom stereocenters. The van der Waals surface area contributed by atoms with Gasteiger partial charge in [0.05, 0.1) is 0 Å². The van der Waals surface area contributed by atoms with Crippen LogP contribution >= 0.6 is 11.3 Å². The van der Waals surface area contributed by atoms with Gasteiger partial charge in [-0.2, -0.15) is 0 Å². The van der Waals surface area contributed by atoms with Gasteiger partial charge in [-0.25, -0.2) is 0 Å². The summed E-state index contributed by atoms with van der Waals surface area (Å²) in [5.74, 6) is 0. The van der Waals surface area contributed by atoms with Gasteiger partial charge in [-0.3, -0.25) is 4.90 Å². The van der Waals surface area contributed by atoms with Gasteiger partial charge in [-0.15, -0.1) is 11.3 Å². The Morgan fingerprint density at radius 1 is 1.19 bits per heavy atom. The van der Waals surface area contributed by atoms with E-state index in [2.05, 4.69) is 75.9 Å². The van der Waals surface area contributed by atoms with E-state index in [1.807, 2.05) is 6.20 Å². The molecule has 0 aliphatic carbocycles. The highest BCUT2D eigenvalue weighted by molar-refractivity contribution is 7.11. The number of thiophene rings is 1. The quantitative estimate of drug-likeness (QED) is 0.695. The third kappa shape index (κ3) is 3.85. The summed E-state index contributed by atoms with van der Waals surface area (Å²) in [5, 5.41) is 7.03. The first-order valence-electron chi connectivity index (χ1n) is 9.19. The van der Waals surface area contributed by atoms with Crippen LogP contribution in [0.4, 0.5) is 11.4 Å². The van der Waals surface area contributed by atoms with Crippen LogP contribution in [0.25, 0.3) is 17.0 Å². The molecule has 1 aliphatic heterocycles. The number of piperazine rings is 1. The highest BCUT2D eigenvalue weighted by atomic mass is 32.1. The lowest BCUT2D eigenvalue weighted by Gasteiger charge is -2.31. The topological polar surface area (TPSA) is 34.3 Å². The average Bonchev–Trinajstić information content (AvgIpc) is 3.29. The van der Waals surface area contributed by atoms with Crippen molar-refractivity contribution in [3.63, 3.8) is 0 Å². The number of benzene rings is 1. The van der Waals surface area contributed by atoms with Gasteiger partial charge in [0.1, 0.15) is 0 Å². The molecule has 2 aromatic heterocycles. The van der Waals surface area contributed by atoms with E-state index in [1.54, 1.807) is 11.3 Å². The molecule has 1 saturated heterocycles. The van der Waals surface area contributed by atoms with Crippen molar-refractivity contribution in [2.45, 2.75) is 6.92 Å². The highest BCUT2D eigenvalue weighted by Crippen LogP contribution is 2.29. The van der Waals surface area contributed by atoms with Gasteiger partial charge in [0, 0.05) is 71.5 Å². The van der Waals surface area contributed by atoms with Crippen molar-refractivity contribution in [1.29, 1.82) is 0 Å². The predicted molar refractivity (Wildman–Crippen MR) is 114 cm³/mol. The Labute approximate surface area is 159 Å². The maximum Gasteiger partial charge on any atom is 0.0499 e. The summed E-state index contributed by atoms with van der Waals surface area (Å²) in [6, 6.07) is 8.64. The number of nitrogens with zero attached hydrogens (tertiary/aromatic N) is 2. The molecule has 0 spiro atoms. The lowest BCUT2D eigenvalue weighted by molar-refractivity contribution is 0.167. The first-order valence-corrected chi connectivity index (χ1v) is 10.1. The highest BCUT2D eigenvalue weighted by Gasteiger charge is 2.11. The van der Waals surface area contributed by atoms with Gasteiger partial charge in [-0.1, -0.05) is 6.08 Å². The van der Waals surface area contributed by atoms with Crippen LogP contribution in [0.15, 0.2) is 41.9 Å². The number of anilines is 2. The molecular weight excluding hydrogens is 340 g/mol. The van der Waals surface area contributed by atoms with Crippen molar-refractivity contribution >= 4 is 39.7 Å². The Morgan fingerprint density at radius 3 is 2.88 bits per heavy atom. The van der Waals surface area contributed by atoms with E-state index in [0.717, 1.165) is 12.2 Å². The molecule has 5 heteroatoms. The molecule has 0 bridgehead atoms. The molecule has 2 N–H and O–H groups in total. The second kappa shape index (κ2) is 7.66. The first kappa shape index (κ1) is 17.3. The number of H-pyrrole nitrogens is 1. The summed E-state index contributed by atoms with van der Waals surface area (Å²) < 4.78 is 0. The van der Waals surface area contributed by atoms with Crippen molar-refractivity contribution in [3.05, 3.63) is 52.4 Å². The normalized spacial score (nSPS) is 16.7. The maximum atomic E-state index is 3.57. The summed E-state index contributed by atoms with van der Waals surface area (Å²) in [4.78, 5) is 9.47. The fourth-order valence-corrected chi connectivity index (χ4v) is 4.19. The average molecular weight is 367 g/mol. The standard InChI is InChI=1S/C21H26N4S/c1-16-19-7-8-22-21(19)6-5-20(16)23-17-14-18(26-15-17)4-3-9-25-12-10-24(2)11-13-25/h3-8,14-15,22-23H,9-13H2,1-2H3/b4-3+. The summed E-state index contributed by atoms with van der Waals surface area (Å²) in [7, 11) is 2.20. The number of aromatic nitrogens is 1. The molecule has 0 amide bonds. The Hall–Kier alpha value is -2.08. The number of aryl methyl sites for hydroxylation is 1. The Balaban J connectivity index is 1.38. The van der Waals surface area contributed by atoms with E-state index in [0.29, 0.717) is 0 Å². The number of hydrogen-bond acceptors (Lipinski definition) is 4. The van der Waals surface area contributed by atoms with Gasteiger partial charge in [0.15, 0.2) is 0 Å². The molecule has 3 heterocycles. The number of fused-ring (bicyclic) bond motifs is 1. The minimum Gasteiger partial charge on any atom is -0.361 e. The van der Waals surface area contributed by atoms with Crippen LogP contribution in [0.1, 0.15) is 10.4 Å². The fourth-order valence-electron chi connectivity index (χ4n) is 3.43. The van der Waals surface area contributed by atoms with Crippen molar-refractivity contribution in [1.82, 2.24) is 14.8 Å². The van der Waals surface area contributed by atoms with E-state index in [9.17, 15) is 0 Å². The van der Waals surface area contributed by atoms with Crippen LogP contribution in [0.5, 0.6) is 0 Å². The molecular formula is C21H26N4S. The van der Waals surface area contributed by atoms with Crippen LogP contribution in [0.3, 0.4) is 0 Å². The van der Waals surface area contributed by atoms with Gasteiger partial charge in [-0.05, 0) is 49.9 Å². The summed E-state index contributed by atoms with van der Waals surface area (Å²) in [5.41, 5.74) is 4.79. The maximum absolute atomic E-state index is 3.57. The van der Waals surface area contributed by atoms with Gasteiger partial charge >= 0.3 is 0 Å². The number of hydrogen-bond donors (Lipinski definition) is 2. The van der Waals surface area contributed by atoms with Crippen LogP contribution in [0, 0.1) is 6.92 Å². The molecule has 1 fully saturated rings. The van der Waals surface area contributed by atoms with Crippen molar-refractivity contribution in [3.8, 4) is 0 Å². The molecule has 4 rings (SSSR count). The summed E-state index contributed by atoms with van der Waals surface area (Å²) in [6.07, 6.45) is 6.53. The van der Waals surface area contributed by atoms with Crippen molar-refractivity contribution in [2.75, 3.05) is 45.1 Å². The number of aromatic amines is 1.